The van der Waals surface area contributed by atoms with Crippen molar-refractivity contribution in [2.75, 3.05) is 55.9 Å². The van der Waals surface area contributed by atoms with Crippen molar-refractivity contribution in [1.82, 2.24) is 50.2 Å². The van der Waals surface area contributed by atoms with Gasteiger partial charge in [-0.1, -0.05) is 136 Å². The van der Waals surface area contributed by atoms with E-state index in [0.717, 1.165) is 16.2 Å². The van der Waals surface area contributed by atoms with E-state index in [2.05, 4.69) is 16.0 Å². The number of carbonyl (C=O) groups is 11. The van der Waals surface area contributed by atoms with Crippen LogP contribution in [0.5, 0.6) is 0 Å². The quantitative estimate of drug-likeness (QED) is 0.0505. The molecule has 0 aromatic rings. The molecule has 0 aliphatic rings. The molecule has 0 heterocycles. The van der Waals surface area contributed by atoms with Crippen molar-refractivity contribution in [3.8, 4) is 0 Å². The van der Waals surface area contributed by atoms with Gasteiger partial charge in [0.05, 0.1) is 12.6 Å². The van der Waals surface area contributed by atoms with E-state index in [-0.39, 0.29) is 67.1 Å². The molecule has 6 N–H and O–H groups in total. The van der Waals surface area contributed by atoms with Gasteiger partial charge in [0, 0.05) is 55.3 Å². The van der Waals surface area contributed by atoms with Gasteiger partial charge in [0.15, 0.2) is 0 Å². The van der Waals surface area contributed by atoms with E-state index in [1.165, 1.54) is 73.7 Å². The van der Waals surface area contributed by atoms with Gasteiger partial charge in [0.25, 0.3) is 0 Å². The molecule has 0 saturated heterocycles. The predicted molar refractivity (Wildman–Crippen MR) is 349 cm³/mol. The highest BCUT2D eigenvalue weighted by molar-refractivity contribution is 5.99. The molecule has 0 fully saturated rings. The molecular weight excluding hydrogens is 1140 g/mol. The second kappa shape index (κ2) is 39.2. The number of nitrogens with two attached hydrogens (primary N) is 1. The van der Waals surface area contributed by atoms with E-state index >= 15 is 14.4 Å². The maximum Gasteiger partial charge on any atom is 0.246 e. The van der Waals surface area contributed by atoms with E-state index in [9.17, 15) is 43.5 Å². The number of nitrogens with zero attached hydrogens (tertiary/aromatic N) is 7. The molecule has 23 heteroatoms. The molecule has 0 rings (SSSR count). The number of carbonyl (C=O) groups excluding carboxylic acids is 11. The molecule has 23 nitrogen and oxygen atoms in total. The summed E-state index contributed by atoms with van der Waals surface area (Å²) in [6.07, 6.45) is 5.11. The van der Waals surface area contributed by atoms with Gasteiger partial charge in [-0.2, -0.15) is 0 Å². The number of hydrogen-bond acceptors (Lipinski definition) is 12. The minimum absolute atomic E-state index is 0.0336. The summed E-state index contributed by atoms with van der Waals surface area (Å²) >= 11 is 0. The van der Waals surface area contributed by atoms with Gasteiger partial charge < -0.3 is 61.1 Å². The minimum atomic E-state index is -1.60. The Morgan fingerprint density at radius 1 is 0.472 bits per heavy atom. The molecule has 512 valence electrons. The first-order valence-corrected chi connectivity index (χ1v) is 32.4. The van der Waals surface area contributed by atoms with Gasteiger partial charge in [-0.05, 0) is 100 Å². The smallest absolute Gasteiger partial charge is 0.246 e. The van der Waals surface area contributed by atoms with E-state index in [1.807, 2.05) is 89.2 Å². The lowest BCUT2D eigenvalue weighted by Crippen LogP contribution is -2.63. The summed E-state index contributed by atoms with van der Waals surface area (Å²) in [5.74, 6) is -8.39. The lowest BCUT2D eigenvalue weighted by Gasteiger charge is -2.41. The number of unbranched alkanes of at least 4 members (excludes halogenated alkanes) is 1. The van der Waals surface area contributed by atoms with Gasteiger partial charge >= 0.3 is 0 Å². The number of amides is 11. The van der Waals surface area contributed by atoms with Crippen LogP contribution in [0.1, 0.15) is 182 Å². The molecule has 89 heavy (non-hydrogen) atoms. The third-order valence-electron chi connectivity index (χ3n) is 17.0. The summed E-state index contributed by atoms with van der Waals surface area (Å²) in [5.41, 5.74) is 5.63. The van der Waals surface area contributed by atoms with Gasteiger partial charge in [-0.15, -0.1) is 0 Å². The van der Waals surface area contributed by atoms with Crippen LogP contribution >= 0.6 is 0 Å². The zero-order valence-electron chi connectivity index (χ0n) is 59.3. The van der Waals surface area contributed by atoms with Crippen LogP contribution in [0.4, 0.5) is 0 Å². The number of allylic oxidation sites excluding steroid dienone is 2. The molecule has 0 radical (unpaired) electrons. The Hall–Kier alpha value is -6.13. The third-order valence-corrected chi connectivity index (χ3v) is 17.0. The number of rotatable bonds is 39. The Balaban J connectivity index is 7.21. The van der Waals surface area contributed by atoms with Crippen molar-refractivity contribution in [1.29, 1.82) is 0 Å². The van der Waals surface area contributed by atoms with Gasteiger partial charge in [0.1, 0.15) is 54.4 Å². The SMILES string of the molecule is C/C=C/C[C@@H](C)[C@H](O)C(C(=O)N[C@@H](CC)C(=O)N(C)CC(=O)N(C)[C@@H](CCCC)C(N)=O)N(C)C(=O)[C@H](C(C)C)N(C)C(=O)[C@@H](CC(C)C)N(C)C(=O)[C@@H](CC(C)C)N(C)C(=O)[C@H](C)NC(=O)C(CC(C)C)NC(=O)[C@H](CC(C)C)N(C)C(=O)[C@H](C)C(C)C. The van der Waals surface area contributed by atoms with Crippen molar-refractivity contribution in [2.45, 2.75) is 243 Å². The molecular formula is C66H121N11O12. The summed E-state index contributed by atoms with van der Waals surface area (Å²) in [6, 6.07) is -10.4. The highest BCUT2D eigenvalue weighted by Gasteiger charge is 2.45. The standard InChI is InChI=1S/C66H121N11O12/c1-26-29-31-44(16)56(79)55(60(83)69-47(28-3)63(86)71(19)37-53(78)72(20)49(57(67)80)32-30-27-2)77(25)66(89)54(43(14)15)76(24)65(88)52(36-41(10)11)75(23)64(87)51(35-40(8)9)74(22)62(85)46(18)68-58(81)48(33-38(4)5)70-59(82)50(34-39(6)7)73(21)61(84)45(17)42(12)13/h26,29,38-52,54-56,79H,27-28,30-37H2,1-25H3,(H2,67,80)(H,68,81)(H,69,83)(H,70,82)/b29-26+/t44-,45-,46+,47+,48?,49+,50+,51-,52-,54+,55?,56+/m1/s1. The average molecular weight is 1260 g/mol. The molecule has 0 aromatic carbocycles. The molecule has 0 bridgehead atoms. The van der Waals surface area contributed by atoms with Crippen LogP contribution in [-0.4, -0.2) is 221 Å². The normalized spacial score (nSPS) is 15.9. The fourth-order valence-corrected chi connectivity index (χ4v) is 10.9. The van der Waals surface area contributed by atoms with Crippen LogP contribution in [0.25, 0.3) is 0 Å². The summed E-state index contributed by atoms with van der Waals surface area (Å²) in [5, 5.41) is 20.5. The number of aliphatic hydroxyl groups is 1. The number of likely N-dealkylation sites (N-methyl/N-ethyl adjacent to an activating group) is 7. The maximum absolute atomic E-state index is 15.2. The molecule has 0 aliphatic heterocycles. The molecule has 0 aromatic heterocycles. The second-order valence-corrected chi connectivity index (χ2v) is 27.3. The van der Waals surface area contributed by atoms with Crippen LogP contribution in [0.3, 0.4) is 0 Å². The van der Waals surface area contributed by atoms with Crippen LogP contribution in [0, 0.1) is 47.3 Å². The van der Waals surface area contributed by atoms with Crippen LogP contribution in [-0.2, 0) is 52.7 Å². The summed E-state index contributed by atoms with van der Waals surface area (Å²) in [4.78, 5) is 165. The number of nitrogens with one attached hydrogen (secondary N) is 3. The topological polar surface area (TPSA) is 293 Å². The molecule has 0 aliphatic carbocycles. The van der Waals surface area contributed by atoms with Crippen molar-refractivity contribution in [3.63, 3.8) is 0 Å². The lowest BCUT2D eigenvalue weighted by molar-refractivity contribution is -0.157. The number of primary amides is 1. The van der Waals surface area contributed by atoms with Gasteiger partial charge in [-0.3, -0.25) is 52.7 Å². The zero-order chi connectivity index (χ0) is 69.4. The first-order valence-electron chi connectivity index (χ1n) is 32.4. The first-order chi connectivity index (χ1) is 41.1. The third kappa shape index (κ3) is 25.2. The van der Waals surface area contributed by atoms with E-state index in [0.29, 0.717) is 25.7 Å². The van der Waals surface area contributed by atoms with Crippen LogP contribution in [0.2, 0.25) is 0 Å². The molecule has 12 atom stereocenters. The average Bonchev–Trinajstić information content (AvgIpc) is 1.21. The summed E-state index contributed by atoms with van der Waals surface area (Å²) < 4.78 is 0. The Bertz CT molecular complexity index is 2360. The monoisotopic (exact) mass is 1260 g/mol. The zero-order valence-corrected chi connectivity index (χ0v) is 59.3. The van der Waals surface area contributed by atoms with Gasteiger partial charge in [0.2, 0.25) is 65.0 Å². The predicted octanol–water partition coefficient (Wildman–Crippen LogP) is 5.06. The van der Waals surface area contributed by atoms with Crippen molar-refractivity contribution in [2.24, 2.45) is 53.1 Å². The van der Waals surface area contributed by atoms with Crippen molar-refractivity contribution < 1.29 is 57.8 Å². The molecule has 0 saturated carbocycles. The Labute approximate surface area is 535 Å². The summed E-state index contributed by atoms with van der Waals surface area (Å²) in [6.45, 7) is 32.5. The van der Waals surface area contributed by atoms with Crippen molar-refractivity contribution in [3.05, 3.63) is 12.2 Å². The fourth-order valence-electron chi connectivity index (χ4n) is 10.9. The highest BCUT2D eigenvalue weighted by Crippen LogP contribution is 2.26. The van der Waals surface area contributed by atoms with E-state index < -0.39 is 138 Å². The van der Waals surface area contributed by atoms with E-state index in [1.54, 1.807) is 47.7 Å². The Morgan fingerprint density at radius 2 is 0.921 bits per heavy atom. The fraction of sp³-hybridized carbons (Fsp3) is 0.803. The maximum atomic E-state index is 15.2. The minimum Gasteiger partial charge on any atom is -0.390 e. The molecule has 2 unspecified atom stereocenters. The number of aliphatic hydroxyl groups excluding tert-OH is 1. The first kappa shape index (κ1) is 82.9. The summed E-state index contributed by atoms with van der Waals surface area (Å²) in [7, 11) is 10.2. The van der Waals surface area contributed by atoms with Crippen LogP contribution in [0.15, 0.2) is 12.2 Å². The largest absolute Gasteiger partial charge is 0.390 e. The molecule has 0 spiro atoms. The Kier molecular flexibility index (Phi) is 36.5. The highest BCUT2D eigenvalue weighted by atomic mass is 16.3. The van der Waals surface area contributed by atoms with Crippen LogP contribution < -0.4 is 21.7 Å². The lowest BCUT2D eigenvalue weighted by atomic mass is 9.91. The molecule has 11 amide bonds. The van der Waals surface area contributed by atoms with Crippen molar-refractivity contribution >= 4 is 65.0 Å². The van der Waals surface area contributed by atoms with E-state index in [4.69, 9.17) is 5.73 Å². The van der Waals surface area contributed by atoms with Gasteiger partial charge in [-0.25, -0.2) is 0 Å². The Morgan fingerprint density at radius 3 is 1.36 bits per heavy atom. The number of hydrogen-bond donors (Lipinski definition) is 5. The second-order valence-electron chi connectivity index (χ2n) is 27.3.